The van der Waals surface area contributed by atoms with E-state index in [2.05, 4.69) is 21.2 Å². The van der Waals surface area contributed by atoms with Crippen molar-refractivity contribution >= 4 is 53.2 Å². The molecule has 0 saturated carbocycles. The average Bonchev–Trinajstić information content (AvgIpc) is 3.29. The summed E-state index contributed by atoms with van der Waals surface area (Å²) in [6.45, 7) is 0.0688. The molecule has 36 heavy (non-hydrogen) atoms. The zero-order chi connectivity index (χ0) is 25.8. The van der Waals surface area contributed by atoms with Crippen LogP contribution < -0.4 is 16.1 Å². The Bertz CT molecular complexity index is 1190. The summed E-state index contributed by atoms with van der Waals surface area (Å²) in [6.07, 6.45) is 1.79. The first-order chi connectivity index (χ1) is 17.5. The lowest BCUT2D eigenvalue weighted by atomic mass is 10.0. The van der Waals surface area contributed by atoms with Gasteiger partial charge in [-0.05, 0) is 41.8 Å². The highest BCUT2D eigenvalue weighted by Crippen LogP contribution is 2.08. The Hall–Kier alpha value is -3.22. The van der Waals surface area contributed by atoms with Crippen molar-refractivity contribution in [1.29, 1.82) is 0 Å². The lowest BCUT2D eigenvalue weighted by molar-refractivity contribution is -0.128. The van der Waals surface area contributed by atoms with Gasteiger partial charge in [-0.1, -0.05) is 72.0 Å². The van der Waals surface area contributed by atoms with Crippen molar-refractivity contribution in [3.63, 3.8) is 0 Å². The molecular weight excluding hydrogens is 518 g/mol. The van der Waals surface area contributed by atoms with Gasteiger partial charge in [-0.2, -0.15) is 11.8 Å². The fraction of sp³-hybridized carbons (Fsp3) is 0.292. The van der Waals surface area contributed by atoms with Gasteiger partial charge in [-0.3, -0.25) is 9.59 Å². The quantitative estimate of drug-likeness (QED) is 0.298. The number of benzene rings is 2. The molecule has 0 aliphatic carbocycles. The molecule has 2 atom stereocenters. The van der Waals surface area contributed by atoms with Gasteiger partial charge < -0.3 is 15.4 Å². The first-order valence-corrected chi connectivity index (χ1v) is 13.8. The van der Waals surface area contributed by atoms with Crippen molar-refractivity contribution < 1.29 is 19.1 Å². The van der Waals surface area contributed by atoms with Gasteiger partial charge in [0.05, 0.1) is 0 Å². The predicted octanol–water partition coefficient (Wildman–Crippen LogP) is 3.52. The minimum atomic E-state index is -0.957. The fourth-order valence-corrected chi connectivity index (χ4v) is 4.33. The minimum Gasteiger partial charge on any atom is -0.445 e. The number of ether oxygens (including phenoxy) is 1. The van der Waals surface area contributed by atoms with Crippen molar-refractivity contribution in [2.24, 2.45) is 0 Å². The molecule has 3 rings (SSSR count). The van der Waals surface area contributed by atoms with Crippen LogP contribution in [-0.4, -0.2) is 51.9 Å². The van der Waals surface area contributed by atoms with Crippen LogP contribution in [0.1, 0.15) is 17.5 Å². The summed E-state index contributed by atoms with van der Waals surface area (Å²) in [7, 11) is 0. The normalized spacial score (nSPS) is 12.2. The van der Waals surface area contributed by atoms with Crippen LogP contribution in [-0.2, 0) is 27.4 Å². The van der Waals surface area contributed by atoms with Crippen LogP contribution in [0.3, 0.4) is 0 Å². The Labute approximate surface area is 222 Å². The highest BCUT2D eigenvalue weighted by molar-refractivity contribution is 7.98. The molecule has 0 aliphatic heterocycles. The maximum absolute atomic E-state index is 13.3. The zero-order valence-corrected chi connectivity index (χ0v) is 22.0. The Morgan fingerprint density at radius 1 is 1.00 bits per heavy atom. The molecule has 9 nitrogen and oxygen atoms in total. The predicted molar refractivity (Wildman–Crippen MR) is 144 cm³/mol. The van der Waals surface area contributed by atoms with E-state index in [1.54, 1.807) is 11.8 Å². The van der Waals surface area contributed by atoms with Crippen LogP contribution in [0.2, 0.25) is 0 Å². The molecule has 12 heteroatoms. The van der Waals surface area contributed by atoms with E-state index >= 15 is 0 Å². The van der Waals surface area contributed by atoms with Crippen LogP contribution in [0, 0.1) is 3.95 Å². The molecule has 190 valence electrons. The van der Waals surface area contributed by atoms with Crippen molar-refractivity contribution in [1.82, 2.24) is 20.5 Å². The van der Waals surface area contributed by atoms with Gasteiger partial charge in [-0.25, -0.2) is 10.2 Å². The molecule has 0 saturated heterocycles. The van der Waals surface area contributed by atoms with Crippen molar-refractivity contribution in [2.45, 2.75) is 31.5 Å². The summed E-state index contributed by atoms with van der Waals surface area (Å²) in [6, 6.07) is 16.7. The first kappa shape index (κ1) is 27.4. The summed E-state index contributed by atoms with van der Waals surface area (Å²) in [5, 5.41) is 9.41. The van der Waals surface area contributed by atoms with Crippen LogP contribution in [0.5, 0.6) is 0 Å². The number of rotatable bonds is 12. The number of hydrogen-bond acceptors (Lipinski definition) is 8. The van der Waals surface area contributed by atoms with Gasteiger partial charge in [0.25, 0.3) is 5.91 Å². The summed E-state index contributed by atoms with van der Waals surface area (Å²) in [5.41, 5.74) is 5.79. The molecular formula is C24H27N5O4S3. The summed E-state index contributed by atoms with van der Waals surface area (Å²) in [4.78, 5) is 40.0. The van der Waals surface area contributed by atoms with E-state index in [4.69, 9.17) is 17.0 Å². The monoisotopic (exact) mass is 545 g/mol. The summed E-state index contributed by atoms with van der Waals surface area (Å²) in [5.74, 6) is -0.320. The van der Waals surface area contributed by atoms with E-state index in [0.717, 1.165) is 11.1 Å². The second-order valence-electron chi connectivity index (χ2n) is 7.68. The topological polar surface area (TPSA) is 114 Å². The van der Waals surface area contributed by atoms with E-state index in [1.165, 1.54) is 21.6 Å². The molecule has 3 N–H and O–H groups in total. The van der Waals surface area contributed by atoms with Crippen LogP contribution >= 0.6 is 35.3 Å². The molecule has 0 aliphatic rings. The van der Waals surface area contributed by atoms with E-state index in [-0.39, 0.29) is 13.0 Å². The van der Waals surface area contributed by atoms with E-state index in [1.807, 2.05) is 66.9 Å². The molecule has 0 radical (unpaired) electrons. The second-order valence-corrected chi connectivity index (χ2v) is 10.1. The zero-order valence-electron chi connectivity index (χ0n) is 19.6. The molecule has 2 unspecified atom stereocenters. The molecule has 3 amide bonds. The number of amides is 3. The van der Waals surface area contributed by atoms with E-state index in [0.29, 0.717) is 16.1 Å². The second kappa shape index (κ2) is 14.4. The Kier molecular flexibility index (Phi) is 10.9. The molecule has 2 aromatic carbocycles. The molecule has 0 bridgehead atoms. The molecule has 1 aromatic heterocycles. The third kappa shape index (κ3) is 8.77. The third-order valence-electron chi connectivity index (χ3n) is 5.05. The van der Waals surface area contributed by atoms with Crippen LogP contribution in [0.4, 0.5) is 4.79 Å². The fourth-order valence-electron chi connectivity index (χ4n) is 3.21. The first-order valence-electron chi connectivity index (χ1n) is 11.1. The minimum absolute atomic E-state index is 0.0688. The number of hydrogen-bond donors (Lipinski definition) is 3. The smallest absolute Gasteiger partial charge is 0.408 e. The lowest BCUT2D eigenvalue weighted by Crippen LogP contribution is -2.54. The molecule has 1 heterocycles. The maximum atomic E-state index is 13.3. The van der Waals surface area contributed by atoms with E-state index in [9.17, 15) is 14.4 Å². The number of nitrogens with one attached hydrogen (secondary N) is 3. The number of aromatic nitrogens is 2. The molecule has 0 spiro atoms. The van der Waals surface area contributed by atoms with Gasteiger partial charge >= 0.3 is 6.09 Å². The SMILES string of the molecule is CSCCC(NC(=O)C(Cc1ccccc1)NC(=O)OCc1ccccc1)C(=O)Nn1ncsc1=S. The number of thioether (sulfide) groups is 1. The van der Waals surface area contributed by atoms with Gasteiger partial charge in [0, 0.05) is 6.42 Å². The maximum Gasteiger partial charge on any atom is 0.408 e. The summed E-state index contributed by atoms with van der Waals surface area (Å²) < 4.78 is 5.69. The number of alkyl carbamates (subject to hydrolysis) is 1. The van der Waals surface area contributed by atoms with Crippen molar-refractivity contribution in [3.05, 3.63) is 81.3 Å². The molecule has 3 aromatic rings. The average molecular weight is 546 g/mol. The highest BCUT2D eigenvalue weighted by atomic mass is 32.2. The van der Waals surface area contributed by atoms with E-state index < -0.39 is 30.0 Å². The lowest BCUT2D eigenvalue weighted by Gasteiger charge is -2.23. The van der Waals surface area contributed by atoms with Crippen molar-refractivity contribution in [3.8, 4) is 0 Å². The third-order valence-corrected chi connectivity index (χ3v) is 6.73. The number of carbonyl (C=O) groups excluding carboxylic acids is 3. The Balaban J connectivity index is 1.70. The van der Waals surface area contributed by atoms with Crippen molar-refractivity contribution in [2.75, 3.05) is 17.4 Å². The Morgan fingerprint density at radius 2 is 1.67 bits per heavy atom. The summed E-state index contributed by atoms with van der Waals surface area (Å²) >= 11 is 7.89. The van der Waals surface area contributed by atoms with Crippen LogP contribution in [0.15, 0.2) is 66.2 Å². The standard InChI is InChI=1S/C24H27N5O4S3/c1-35-13-12-19(22(31)28-29-24(34)36-16-25-29)26-21(30)20(14-17-8-4-2-5-9-17)27-23(32)33-15-18-10-6-3-7-11-18/h2-11,16,19-20H,12-15H2,1H3,(H,26,30)(H,27,32)(H,28,31). The Morgan fingerprint density at radius 3 is 2.28 bits per heavy atom. The highest BCUT2D eigenvalue weighted by Gasteiger charge is 2.27. The number of nitrogens with zero attached hydrogens (tertiary/aromatic N) is 2. The number of carbonyl (C=O) groups is 3. The van der Waals surface area contributed by atoms with Gasteiger partial charge in [-0.15, -0.1) is 9.89 Å². The van der Waals surface area contributed by atoms with Gasteiger partial charge in [0.1, 0.15) is 24.2 Å². The molecule has 0 fully saturated rings. The largest absolute Gasteiger partial charge is 0.445 e. The van der Waals surface area contributed by atoms with Gasteiger partial charge in [0.2, 0.25) is 9.86 Å². The van der Waals surface area contributed by atoms with Gasteiger partial charge in [0.15, 0.2) is 0 Å². The van der Waals surface area contributed by atoms with Crippen LogP contribution in [0.25, 0.3) is 0 Å².